The molecule has 0 aromatic heterocycles. The summed E-state index contributed by atoms with van der Waals surface area (Å²) in [5, 5.41) is 10.4. The summed E-state index contributed by atoms with van der Waals surface area (Å²) in [6, 6.07) is 8.24. The van der Waals surface area contributed by atoms with Crippen LogP contribution in [0.4, 0.5) is 5.69 Å². The Labute approximate surface area is 116 Å². The van der Waals surface area contributed by atoms with Gasteiger partial charge in [-0.05, 0) is 26.0 Å². The fraction of sp³-hybridized carbons (Fsp3) is 0.214. The van der Waals surface area contributed by atoms with Gasteiger partial charge in [-0.1, -0.05) is 18.2 Å². The fourth-order valence-electron chi connectivity index (χ4n) is 1.39. The number of esters is 1. The minimum absolute atomic E-state index is 0.0251. The van der Waals surface area contributed by atoms with E-state index in [2.05, 4.69) is 4.74 Å². The Morgan fingerprint density at radius 1 is 1.25 bits per heavy atom. The molecule has 0 saturated heterocycles. The molecule has 106 valence electrons. The van der Waals surface area contributed by atoms with Crippen LogP contribution in [0, 0.1) is 0 Å². The van der Waals surface area contributed by atoms with Crippen LogP contribution < -0.4 is 5.06 Å². The van der Waals surface area contributed by atoms with E-state index in [9.17, 15) is 19.6 Å². The second-order valence-corrected chi connectivity index (χ2v) is 3.83. The molecular formula is C14H15NO5. The van der Waals surface area contributed by atoms with E-state index < -0.39 is 23.1 Å². The molecule has 1 aromatic rings. The molecule has 0 saturated carbocycles. The molecule has 0 unspecified atom stereocenters. The lowest BCUT2D eigenvalue weighted by Crippen LogP contribution is -2.25. The Kier molecular flexibility index (Phi) is 5.61. The normalized spacial score (nSPS) is 10.8. The molecule has 1 N–H and O–H groups in total. The molecular weight excluding hydrogens is 262 g/mol. The van der Waals surface area contributed by atoms with Crippen LogP contribution in [0.5, 0.6) is 0 Å². The molecule has 0 fully saturated rings. The highest BCUT2D eigenvalue weighted by atomic mass is 16.5. The quantitative estimate of drug-likeness (QED) is 0.212. The van der Waals surface area contributed by atoms with E-state index in [1.54, 1.807) is 37.3 Å². The molecule has 1 aromatic carbocycles. The molecule has 0 amide bonds. The van der Waals surface area contributed by atoms with Gasteiger partial charge in [-0.2, -0.15) is 0 Å². The molecule has 0 atom stereocenters. The van der Waals surface area contributed by atoms with Gasteiger partial charge in [0, 0.05) is 6.20 Å². The average Bonchev–Trinajstić information content (AvgIpc) is 2.44. The summed E-state index contributed by atoms with van der Waals surface area (Å²) < 4.78 is 4.54. The van der Waals surface area contributed by atoms with Crippen molar-refractivity contribution in [3.8, 4) is 0 Å². The van der Waals surface area contributed by atoms with Crippen molar-refractivity contribution in [1.29, 1.82) is 0 Å². The highest BCUT2D eigenvalue weighted by Crippen LogP contribution is 2.13. The van der Waals surface area contributed by atoms with Crippen LogP contribution in [0.2, 0.25) is 0 Å². The number of anilines is 1. The summed E-state index contributed by atoms with van der Waals surface area (Å²) in [5.74, 6) is -2.86. The maximum Gasteiger partial charge on any atom is 0.379 e. The first-order chi connectivity index (χ1) is 9.47. The maximum atomic E-state index is 11.7. The molecule has 0 aliphatic rings. The van der Waals surface area contributed by atoms with Crippen molar-refractivity contribution in [3.05, 3.63) is 42.1 Å². The third-order valence-corrected chi connectivity index (χ3v) is 2.36. The number of nitrogens with zero attached hydrogens (tertiary/aromatic N) is 1. The lowest BCUT2D eigenvalue weighted by atomic mass is 10.1. The molecule has 1 rings (SSSR count). The maximum absolute atomic E-state index is 11.7. The topological polar surface area (TPSA) is 83.9 Å². The first kappa shape index (κ1) is 15.6. The summed E-state index contributed by atoms with van der Waals surface area (Å²) in [6.45, 7) is 2.70. The number of carbonyl (C=O) groups is 3. The zero-order valence-corrected chi connectivity index (χ0v) is 11.2. The van der Waals surface area contributed by atoms with Gasteiger partial charge in [0.15, 0.2) is 5.78 Å². The summed E-state index contributed by atoms with van der Waals surface area (Å²) in [5.41, 5.74) is -0.0993. The smallest absolute Gasteiger partial charge is 0.379 e. The van der Waals surface area contributed by atoms with E-state index in [0.717, 1.165) is 13.1 Å². The van der Waals surface area contributed by atoms with Crippen molar-refractivity contribution < 1.29 is 24.3 Å². The SMILES string of the molecule is CCOC(=O)C(=O)/C(=C/N(O)c1ccccc1)C(C)=O. The number of hydrogen-bond donors (Lipinski definition) is 1. The van der Waals surface area contributed by atoms with Gasteiger partial charge in [0.25, 0.3) is 5.78 Å². The molecule has 6 nitrogen and oxygen atoms in total. The zero-order chi connectivity index (χ0) is 15.1. The second kappa shape index (κ2) is 7.20. The number of benzene rings is 1. The Bertz CT molecular complexity index is 536. The van der Waals surface area contributed by atoms with Crippen LogP contribution in [-0.4, -0.2) is 29.3 Å². The van der Waals surface area contributed by atoms with E-state index in [4.69, 9.17) is 0 Å². The average molecular weight is 277 g/mol. The number of para-hydroxylation sites is 1. The van der Waals surface area contributed by atoms with Crippen LogP contribution in [0.25, 0.3) is 0 Å². The lowest BCUT2D eigenvalue weighted by molar-refractivity contribution is -0.152. The van der Waals surface area contributed by atoms with Crippen LogP contribution in [0.3, 0.4) is 0 Å². The Morgan fingerprint density at radius 3 is 2.35 bits per heavy atom. The van der Waals surface area contributed by atoms with Crippen LogP contribution in [-0.2, 0) is 19.1 Å². The number of ketones is 2. The van der Waals surface area contributed by atoms with Gasteiger partial charge in [-0.3, -0.25) is 14.8 Å². The van der Waals surface area contributed by atoms with Gasteiger partial charge in [0.2, 0.25) is 0 Å². The van der Waals surface area contributed by atoms with Crippen molar-refractivity contribution in [2.75, 3.05) is 11.7 Å². The van der Waals surface area contributed by atoms with E-state index >= 15 is 0 Å². The Morgan fingerprint density at radius 2 is 1.85 bits per heavy atom. The van der Waals surface area contributed by atoms with Crippen molar-refractivity contribution in [2.45, 2.75) is 13.8 Å². The van der Waals surface area contributed by atoms with Gasteiger partial charge in [0.05, 0.1) is 17.9 Å². The number of hydroxylamine groups is 1. The van der Waals surface area contributed by atoms with Gasteiger partial charge < -0.3 is 4.74 Å². The van der Waals surface area contributed by atoms with Gasteiger partial charge >= 0.3 is 5.97 Å². The molecule has 0 spiro atoms. The van der Waals surface area contributed by atoms with Crippen molar-refractivity contribution in [2.24, 2.45) is 0 Å². The number of hydrogen-bond acceptors (Lipinski definition) is 6. The lowest BCUT2D eigenvalue weighted by Gasteiger charge is -2.13. The summed E-state index contributed by atoms with van der Waals surface area (Å²) >= 11 is 0. The molecule has 0 heterocycles. The molecule has 0 aliphatic heterocycles. The minimum Gasteiger partial charge on any atom is -0.460 e. The van der Waals surface area contributed by atoms with Crippen LogP contribution in [0.1, 0.15) is 13.8 Å². The third kappa shape index (κ3) is 4.03. The number of rotatable bonds is 6. The molecule has 0 aliphatic carbocycles. The minimum atomic E-state index is -1.13. The standard InChI is InChI=1S/C14H15NO5/c1-3-20-14(18)13(17)12(10(2)16)9-15(19)11-7-5-4-6-8-11/h4-9,19H,3H2,1-2H3/b12-9+. The van der Waals surface area contributed by atoms with E-state index in [1.165, 1.54) is 0 Å². The number of carbonyl (C=O) groups excluding carboxylic acids is 3. The Balaban J connectivity index is 3.02. The number of Topliss-reactive ketones (excluding diaryl/α,β-unsaturated/α-hetero) is 2. The first-order valence-electron chi connectivity index (χ1n) is 5.94. The van der Waals surface area contributed by atoms with Crippen molar-refractivity contribution >= 4 is 23.2 Å². The molecule has 0 radical (unpaired) electrons. The van der Waals surface area contributed by atoms with Crippen LogP contribution in [0.15, 0.2) is 42.1 Å². The summed E-state index contributed by atoms with van der Waals surface area (Å²) in [4.78, 5) is 34.5. The Hall–Kier alpha value is -2.47. The van der Waals surface area contributed by atoms with E-state index in [-0.39, 0.29) is 6.61 Å². The van der Waals surface area contributed by atoms with Gasteiger partial charge in [0.1, 0.15) is 0 Å². The zero-order valence-electron chi connectivity index (χ0n) is 11.2. The monoisotopic (exact) mass is 277 g/mol. The highest BCUT2D eigenvalue weighted by Gasteiger charge is 2.24. The summed E-state index contributed by atoms with van der Waals surface area (Å²) in [6.07, 6.45) is 0.900. The second-order valence-electron chi connectivity index (χ2n) is 3.83. The predicted molar refractivity (Wildman–Crippen MR) is 71.1 cm³/mol. The third-order valence-electron chi connectivity index (χ3n) is 2.36. The van der Waals surface area contributed by atoms with E-state index in [0.29, 0.717) is 10.8 Å². The largest absolute Gasteiger partial charge is 0.460 e. The first-order valence-corrected chi connectivity index (χ1v) is 5.94. The van der Waals surface area contributed by atoms with Gasteiger partial charge in [-0.25, -0.2) is 9.86 Å². The van der Waals surface area contributed by atoms with Crippen molar-refractivity contribution in [3.63, 3.8) is 0 Å². The van der Waals surface area contributed by atoms with Gasteiger partial charge in [-0.15, -0.1) is 0 Å². The molecule has 0 bridgehead atoms. The fourth-order valence-corrected chi connectivity index (χ4v) is 1.39. The molecule has 20 heavy (non-hydrogen) atoms. The van der Waals surface area contributed by atoms with Crippen molar-refractivity contribution in [1.82, 2.24) is 0 Å². The highest BCUT2D eigenvalue weighted by molar-refractivity contribution is 6.47. The summed E-state index contributed by atoms with van der Waals surface area (Å²) in [7, 11) is 0. The predicted octanol–water partition coefficient (Wildman–Crippen LogP) is 1.49. The number of ether oxygens (including phenoxy) is 1. The van der Waals surface area contributed by atoms with E-state index in [1.807, 2.05) is 0 Å². The van der Waals surface area contributed by atoms with Crippen LogP contribution >= 0.6 is 0 Å². The molecule has 6 heteroatoms.